The van der Waals surface area contributed by atoms with Crippen LogP contribution >= 0.6 is 0 Å². The van der Waals surface area contributed by atoms with Crippen molar-refractivity contribution in [2.24, 2.45) is 17.8 Å². The maximum Gasteiger partial charge on any atom is 0.306 e. The third kappa shape index (κ3) is 21.1. The number of hydrogen-bond donors (Lipinski definition) is 2. The summed E-state index contributed by atoms with van der Waals surface area (Å²) in [7, 11) is 0. The Morgan fingerprint density at radius 1 is 0.691 bits per heavy atom. The molecule has 2 N–H and O–H groups in total. The van der Waals surface area contributed by atoms with E-state index in [1.165, 1.54) is 44.9 Å². The van der Waals surface area contributed by atoms with Gasteiger partial charge in [0.15, 0.2) is 0 Å². The molecule has 1 heterocycles. The first kappa shape index (κ1) is 52.2. The molecule has 1 aliphatic rings. The third-order valence-corrected chi connectivity index (χ3v) is 11.7. The number of rotatable bonds is 31. The Morgan fingerprint density at radius 3 is 1.75 bits per heavy atom. The van der Waals surface area contributed by atoms with Crippen LogP contribution in [0.4, 0.5) is 0 Å². The highest BCUT2D eigenvalue weighted by Gasteiger charge is 2.57. The zero-order valence-electron chi connectivity index (χ0n) is 38.6. The molecule has 0 aromatic rings. The van der Waals surface area contributed by atoms with Gasteiger partial charge in [0.1, 0.15) is 6.10 Å². The highest BCUT2D eigenvalue weighted by molar-refractivity contribution is 5.69. The van der Waals surface area contributed by atoms with Crippen LogP contribution in [-0.2, 0) is 33.2 Å². The highest BCUT2D eigenvalue weighted by atomic mass is 16.6. The van der Waals surface area contributed by atoms with Gasteiger partial charge in [-0.05, 0) is 123 Å². The van der Waals surface area contributed by atoms with Gasteiger partial charge >= 0.3 is 5.97 Å². The number of unbranched alkanes of at least 4 members (excludes halogenated alkanes) is 8. The standard InChI is InChI=1S/C46H90O9/c1-16-18-19-20-21-22-23-24-25-26-38(47)55-35(3)27-30-52-43(8,9)33-36(44(10,11)53-31-28-41(4,5)48)40-39(37(34-50-40)45(12,13)51-17-2)46(14,15)54-32-29-42(6,7)49/h35-37,39-40,48-49H,16-34H2,1-15H3. The summed E-state index contributed by atoms with van der Waals surface area (Å²) < 4.78 is 39.0. The fourth-order valence-corrected chi connectivity index (χ4v) is 8.11. The quantitative estimate of drug-likeness (QED) is 0.0524. The monoisotopic (exact) mass is 787 g/mol. The van der Waals surface area contributed by atoms with Gasteiger partial charge in [-0.25, -0.2) is 0 Å². The van der Waals surface area contributed by atoms with Crippen LogP contribution in [0.3, 0.4) is 0 Å². The Bertz CT molecular complexity index is 1040. The SMILES string of the molecule is CCCCCCCCCCCC(=O)OC(C)CCOC(C)(C)CC(C1OCC(C(C)(C)OCC)C1C(C)(C)OCCC(C)(C)O)C(C)(C)OCCC(C)(C)O. The summed E-state index contributed by atoms with van der Waals surface area (Å²) >= 11 is 0. The molecule has 5 unspecified atom stereocenters. The third-order valence-electron chi connectivity index (χ3n) is 11.7. The average Bonchev–Trinajstić information content (AvgIpc) is 3.48. The number of carbonyl (C=O) groups is 1. The van der Waals surface area contributed by atoms with Crippen molar-refractivity contribution in [2.75, 3.05) is 33.0 Å². The van der Waals surface area contributed by atoms with Crippen LogP contribution in [0, 0.1) is 17.8 Å². The van der Waals surface area contributed by atoms with Crippen LogP contribution in [0.5, 0.6) is 0 Å². The van der Waals surface area contributed by atoms with E-state index in [4.69, 9.17) is 28.4 Å². The van der Waals surface area contributed by atoms with Crippen molar-refractivity contribution in [3.05, 3.63) is 0 Å². The zero-order valence-corrected chi connectivity index (χ0v) is 38.6. The Balaban J connectivity index is 3.12. The van der Waals surface area contributed by atoms with Crippen LogP contribution in [0.15, 0.2) is 0 Å². The van der Waals surface area contributed by atoms with Crippen molar-refractivity contribution >= 4 is 5.97 Å². The lowest BCUT2D eigenvalue weighted by Crippen LogP contribution is -2.55. The Kier molecular flexibility index (Phi) is 22.5. The van der Waals surface area contributed by atoms with Gasteiger partial charge in [0.25, 0.3) is 0 Å². The summed E-state index contributed by atoms with van der Waals surface area (Å²) in [4.78, 5) is 12.6. The summed E-state index contributed by atoms with van der Waals surface area (Å²) in [5.74, 6) is -0.292. The van der Waals surface area contributed by atoms with Crippen molar-refractivity contribution in [1.29, 1.82) is 0 Å². The van der Waals surface area contributed by atoms with Crippen molar-refractivity contribution in [1.82, 2.24) is 0 Å². The van der Waals surface area contributed by atoms with Crippen molar-refractivity contribution < 1.29 is 43.4 Å². The van der Waals surface area contributed by atoms with Gasteiger partial charge in [-0.3, -0.25) is 4.79 Å². The van der Waals surface area contributed by atoms with Crippen LogP contribution in [-0.4, -0.2) is 95.0 Å². The molecule has 0 radical (unpaired) electrons. The zero-order chi connectivity index (χ0) is 42.1. The minimum Gasteiger partial charge on any atom is -0.463 e. The average molecular weight is 787 g/mol. The highest BCUT2D eigenvalue weighted by Crippen LogP contribution is 2.50. The molecule has 1 fully saturated rings. The fraction of sp³-hybridized carbons (Fsp3) is 0.978. The number of ether oxygens (including phenoxy) is 6. The molecular weight excluding hydrogens is 696 g/mol. The second kappa shape index (κ2) is 23.7. The van der Waals surface area contributed by atoms with Gasteiger partial charge < -0.3 is 38.6 Å². The number of hydrogen-bond acceptors (Lipinski definition) is 9. The lowest BCUT2D eigenvalue weighted by molar-refractivity contribution is -0.173. The second-order valence-electron chi connectivity index (χ2n) is 20.1. The minimum atomic E-state index is -0.850. The van der Waals surface area contributed by atoms with E-state index >= 15 is 0 Å². The van der Waals surface area contributed by atoms with E-state index in [1.807, 2.05) is 13.8 Å². The molecule has 0 saturated carbocycles. The molecule has 5 atom stereocenters. The summed E-state index contributed by atoms with van der Waals surface area (Å²) in [6.07, 6.45) is 13.2. The largest absolute Gasteiger partial charge is 0.463 e. The fourth-order valence-electron chi connectivity index (χ4n) is 8.11. The van der Waals surface area contributed by atoms with E-state index in [2.05, 4.69) is 62.3 Å². The first-order chi connectivity index (χ1) is 25.3. The van der Waals surface area contributed by atoms with Crippen LogP contribution < -0.4 is 0 Å². The second-order valence-corrected chi connectivity index (χ2v) is 20.1. The molecule has 55 heavy (non-hydrogen) atoms. The molecule has 0 aromatic heterocycles. The molecule has 1 rings (SSSR count). The van der Waals surface area contributed by atoms with E-state index in [0.717, 1.165) is 12.8 Å². The number of esters is 1. The van der Waals surface area contributed by atoms with Gasteiger partial charge in [-0.1, -0.05) is 58.3 Å². The summed E-state index contributed by atoms with van der Waals surface area (Å²) in [6.45, 7) is 32.8. The van der Waals surface area contributed by atoms with Gasteiger partial charge in [0.05, 0.1) is 66.1 Å². The molecule has 328 valence electrons. The lowest BCUT2D eigenvalue weighted by atomic mass is 9.65. The predicted molar refractivity (Wildman–Crippen MR) is 224 cm³/mol. The first-order valence-electron chi connectivity index (χ1n) is 22.1. The van der Waals surface area contributed by atoms with Gasteiger partial charge in [-0.15, -0.1) is 0 Å². The van der Waals surface area contributed by atoms with Crippen LogP contribution in [0.25, 0.3) is 0 Å². The molecule has 9 nitrogen and oxygen atoms in total. The minimum absolute atomic E-state index is 0.0272. The lowest BCUT2D eigenvalue weighted by Gasteiger charge is -2.48. The number of aliphatic hydroxyl groups is 2. The molecule has 0 spiro atoms. The summed E-state index contributed by atoms with van der Waals surface area (Å²) in [5.41, 5.74) is -4.00. The van der Waals surface area contributed by atoms with Crippen LogP contribution in [0.1, 0.15) is 194 Å². The molecule has 0 amide bonds. The van der Waals surface area contributed by atoms with E-state index < -0.39 is 33.6 Å². The molecule has 1 aliphatic heterocycles. The van der Waals surface area contributed by atoms with E-state index in [0.29, 0.717) is 65.1 Å². The van der Waals surface area contributed by atoms with Crippen molar-refractivity contribution in [3.8, 4) is 0 Å². The van der Waals surface area contributed by atoms with E-state index in [-0.39, 0.29) is 35.9 Å². The Morgan fingerprint density at radius 2 is 1.22 bits per heavy atom. The summed E-state index contributed by atoms with van der Waals surface area (Å²) in [5, 5.41) is 21.0. The van der Waals surface area contributed by atoms with Crippen molar-refractivity contribution in [3.63, 3.8) is 0 Å². The summed E-state index contributed by atoms with van der Waals surface area (Å²) in [6, 6.07) is 0. The normalized spacial score (nSPS) is 20.2. The van der Waals surface area contributed by atoms with Gasteiger partial charge in [0, 0.05) is 37.2 Å². The maximum absolute atomic E-state index is 12.6. The molecule has 0 aliphatic carbocycles. The van der Waals surface area contributed by atoms with E-state index in [9.17, 15) is 15.0 Å². The van der Waals surface area contributed by atoms with Crippen LogP contribution in [0.2, 0.25) is 0 Å². The molecule has 1 saturated heterocycles. The maximum atomic E-state index is 12.6. The molecular formula is C46H90O9. The number of carbonyl (C=O) groups excluding carboxylic acids is 1. The van der Waals surface area contributed by atoms with Crippen molar-refractivity contribution in [2.45, 2.75) is 240 Å². The molecule has 9 heteroatoms. The van der Waals surface area contributed by atoms with Gasteiger partial charge in [0.2, 0.25) is 0 Å². The molecule has 0 bridgehead atoms. The van der Waals surface area contributed by atoms with E-state index in [1.54, 1.807) is 27.7 Å². The smallest absolute Gasteiger partial charge is 0.306 e. The predicted octanol–water partition coefficient (Wildman–Crippen LogP) is 10.4. The van der Waals surface area contributed by atoms with Gasteiger partial charge in [-0.2, -0.15) is 0 Å². The Labute approximate surface area is 339 Å². The molecule has 0 aromatic carbocycles. The topological polar surface area (TPSA) is 113 Å². The Hall–Kier alpha value is -0.810. The first-order valence-corrected chi connectivity index (χ1v) is 22.1.